The maximum Gasteiger partial charge on any atom is 0.410 e. The van der Waals surface area contributed by atoms with Gasteiger partial charge in [-0.2, -0.15) is 0 Å². The van der Waals surface area contributed by atoms with Crippen molar-refractivity contribution < 1.29 is 19.1 Å². The van der Waals surface area contributed by atoms with Crippen LogP contribution in [0.15, 0.2) is 24.8 Å². The first-order valence-corrected chi connectivity index (χ1v) is 16.2. The molecule has 6 rings (SSSR count). The molecule has 0 aromatic carbocycles. The number of nitrogens with zero attached hydrogens (tertiary/aromatic N) is 7. The van der Waals surface area contributed by atoms with Gasteiger partial charge < -0.3 is 29.5 Å². The Labute approximate surface area is 280 Å². The van der Waals surface area contributed by atoms with Crippen molar-refractivity contribution in [2.45, 2.75) is 52.7 Å². The molecule has 2 amide bonds. The van der Waals surface area contributed by atoms with Gasteiger partial charge in [-0.25, -0.2) is 29.5 Å². The molecule has 45 heavy (non-hydrogen) atoms. The van der Waals surface area contributed by atoms with Gasteiger partial charge in [-0.15, -0.1) is 0 Å². The molecule has 0 saturated carbocycles. The zero-order valence-corrected chi connectivity index (χ0v) is 28.9. The van der Waals surface area contributed by atoms with Crippen LogP contribution in [0.25, 0.3) is 0 Å². The Balaban J connectivity index is 0.000000172. The van der Waals surface area contributed by atoms with Crippen LogP contribution in [0.3, 0.4) is 0 Å². The molecule has 4 fully saturated rings. The molecule has 4 aliphatic heterocycles. The number of likely N-dealkylation sites (tertiary alicyclic amines) is 2. The molecule has 4 atom stereocenters. The summed E-state index contributed by atoms with van der Waals surface area (Å²) >= 11 is 16.5. The van der Waals surface area contributed by atoms with E-state index < -0.39 is 5.60 Å². The maximum absolute atomic E-state index is 12.1. The lowest BCUT2D eigenvalue weighted by Gasteiger charge is -2.26. The van der Waals surface area contributed by atoms with Crippen molar-refractivity contribution in [3.63, 3.8) is 0 Å². The summed E-state index contributed by atoms with van der Waals surface area (Å²) in [6.07, 6.45) is 5.69. The Morgan fingerprint density at radius 2 is 1.02 bits per heavy atom. The smallest absolute Gasteiger partial charge is 0.410 e. The Kier molecular flexibility index (Phi) is 11.6. The number of hydrogen-bond donors (Lipinski definition) is 1. The molecule has 15 heteroatoms. The normalized spacial score (nSPS) is 23.8. The molecule has 4 aliphatic rings. The van der Waals surface area contributed by atoms with Gasteiger partial charge in [0.1, 0.15) is 32.5 Å². The minimum absolute atomic E-state index is 0.156. The molecular formula is C30H43Cl3N8O4. The predicted molar refractivity (Wildman–Crippen MR) is 174 cm³/mol. The first-order chi connectivity index (χ1) is 21.1. The average molecular weight is 686 g/mol. The molecule has 1 N–H and O–H groups in total. The number of carbonyl (C=O) groups is 2. The van der Waals surface area contributed by atoms with Crippen molar-refractivity contribution in [3.05, 3.63) is 40.2 Å². The summed E-state index contributed by atoms with van der Waals surface area (Å²) in [6.45, 7) is 18.5. The van der Waals surface area contributed by atoms with Crippen molar-refractivity contribution in [1.29, 1.82) is 0 Å². The second kappa shape index (κ2) is 14.8. The van der Waals surface area contributed by atoms with E-state index in [1.54, 1.807) is 12.4 Å². The lowest BCUT2D eigenvalue weighted by atomic mass is 10.0. The Morgan fingerprint density at radius 3 is 1.38 bits per heavy atom. The molecule has 0 bridgehead atoms. The Hall–Kier alpha value is -2.67. The second-order valence-electron chi connectivity index (χ2n) is 13.7. The SMILES string of the molecule is CC(C)(C)OC(=O)N1C[C@@H]2CN(c3cnc(Cl)cn3)C[C@@H]2C1.CC(C)(C)OC(=O)N1C[C@H]2CNC[C@H]2C1.Clc1cnc(Cl)cn1. The fraction of sp³-hybridized carbons (Fsp3) is 0.667. The van der Waals surface area contributed by atoms with E-state index >= 15 is 0 Å². The predicted octanol–water partition coefficient (Wildman–Crippen LogP) is 5.29. The number of nitrogens with one attached hydrogen (secondary N) is 1. The van der Waals surface area contributed by atoms with Crippen LogP contribution in [0.2, 0.25) is 15.5 Å². The summed E-state index contributed by atoms with van der Waals surface area (Å²) in [5, 5.41) is 4.47. The molecule has 0 spiro atoms. The van der Waals surface area contributed by atoms with Crippen LogP contribution < -0.4 is 10.2 Å². The van der Waals surface area contributed by atoms with Gasteiger partial charge in [0.25, 0.3) is 0 Å². The summed E-state index contributed by atoms with van der Waals surface area (Å²) in [7, 11) is 0. The second-order valence-corrected chi connectivity index (χ2v) is 14.9. The fourth-order valence-corrected chi connectivity index (χ4v) is 6.04. The van der Waals surface area contributed by atoms with E-state index in [0.29, 0.717) is 39.1 Å². The van der Waals surface area contributed by atoms with Gasteiger partial charge in [0.05, 0.1) is 24.8 Å². The molecule has 2 aromatic heterocycles. The number of ether oxygens (including phenoxy) is 2. The third-order valence-corrected chi connectivity index (χ3v) is 8.28. The van der Waals surface area contributed by atoms with Crippen LogP contribution in [0.4, 0.5) is 15.4 Å². The van der Waals surface area contributed by atoms with Crippen molar-refractivity contribution in [1.82, 2.24) is 35.1 Å². The van der Waals surface area contributed by atoms with Crippen LogP contribution in [0.1, 0.15) is 41.5 Å². The monoisotopic (exact) mass is 684 g/mol. The molecule has 248 valence electrons. The molecule has 2 aromatic rings. The number of carbonyl (C=O) groups excluding carboxylic acids is 2. The zero-order valence-electron chi connectivity index (χ0n) is 26.7. The van der Waals surface area contributed by atoms with Crippen LogP contribution in [0.5, 0.6) is 0 Å². The van der Waals surface area contributed by atoms with Crippen molar-refractivity contribution in [2.24, 2.45) is 23.7 Å². The molecule has 4 saturated heterocycles. The molecule has 0 unspecified atom stereocenters. The third-order valence-electron chi connectivity index (χ3n) is 7.70. The number of halogens is 3. The third kappa shape index (κ3) is 10.7. The van der Waals surface area contributed by atoms with E-state index in [1.165, 1.54) is 12.4 Å². The van der Waals surface area contributed by atoms with Gasteiger partial charge in [-0.1, -0.05) is 34.8 Å². The first kappa shape index (κ1) is 35.2. The number of anilines is 1. The first-order valence-electron chi connectivity index (χ1n) is 15.1. The average Bonchev–Trinajstić information content (AvgIpc) is 3.70. The number of amides is 2. The Morgan fingerprint density at radius 1 is 0.644 bits per heavy atom. The van der Waals surface area contributed by atoms with E-state index in [9.17, 15) is 9.59 Å². The standard InChI is InChI=1S/C15H21ClN4O2.C11H20N2O2.C4H2Cl2N2/c1-15(2,3)22-14(21)20-8-10-6-19(7-11(10)9-20)13-5-17-12(16)4-18-13;1-11(2,3)15-10(14)13-6-8-4-12-5-9(8)7-13;5-3-1-7-4(6)2-8-3/h4-5,10-11H,6-9H2,1-3H3;8-9,12H,4-7H2,1-3H3;1-2H/t10-,11+;8-,9+;. The van der Waals surface area contributed by atoms with Gasteiger partial charge in [0.2, 0.25) is 0 Å². The minimum atomic E-state index is -0.445. The highest BCUT2D eigenvalue weighted by Gasteiger charge is 2.43. The Bertz CT molecular complexity index is 1240. The molecule has 6 heterocycles. The number of aromatic nitrogens is 4. The summed E-state index contributed by atoms with van der Waals surface area (Å²) in [5.74, 6) is 3.05. The van der Waals surface area contributed by atoms with E-state index in [0.717, 1.165) is 58.2 Å². The zero-order chi connectivity index (χ0) is 32.9. The highest BCUT2D eigenvalue weighted by Crippen LogP contribution is 2.34. The van der Waals surface area contributed by atoms with E-state index in [4.69, 9.17) is 44.3 Å². The van der Waals surface area contributed by atoms with Gasteiger partial charge in [-0.3, -0.25) is 0 Å². The molecular weight excluding hydrogens is 643 g/mol. The van der Waals surface area contributed by atoms with E-state index in [-0.39, 0.29) is 17.8 Å². The largest absolute Gasteiger partial charge is 0.444 e. The minimum Gasteiger partial charge on any atom is -0.444 e. The van der Waals surface area contributed by atoms with E-state index in [1.807, 2.05) is 51.3 Å². The highest BCUT2D eigenvalue weighted by molar-refractivity contribution is 6.31. The molecule has 0 aliphatic carbocycles. The lowest BCUT2D eigenvalue weighted by Crippen LogP contribution is -2.37. The van der Waals surface area contributed by atoms with Crippen LogP contribution >= 0.6 is 34.8 Å². The molecule has 12 nitrogen and oxygen atoms in total. The number of hydrogen-bond acceptors (Lipinski definition) is 10. The number of rotatable bonds is 1. The van der Waals surface area contributed by atoms with Crippen LogP contribution in [0, 0.1) is 23.7 Å². The van der Waals surface area contributed by atoms with Crippen molar-refractivity contribution >= 4 is 52.8 Å². The van der Waals surface area contributed by atoms with Crippen LogP contribution in [-0.4, -0.2) is 105 Å². The topological polar surface area (TPSA) is 126 Å². The highest BCUT2D eigenvalue weighted by atomic mass is 35.5. The van der Waals surface area contributed by atoms with Gasteiger partial charge in [-0.05, 0) is 53.4 Å². The summed E-state index contributed by atoms with van der Waals surface area (Å²) in [5.41, 5.74) is -0.827. The fourth-order valence-electron chi connectivity index (χ4n) is 5.75. The van der Waals surface area contributed by atoms with Gasteiger partial charge in [0.15, 0.2) is 0 Å². The summed E-state index contributed by atoms with van der Waals surface area (Å²) in [4.78, 5) is 45.5. The lowest BCUT2D eigenvalue weighted by molar-refractivity contribution is 0.0272. The van der Waals surface area contributed by atoms with Crippen molar-refractivity contribution in [2.75, 3.05) is 57.3 Å². The summed E-state index contributed by atoms with van der Waals surface area (Å²) < 4.78 is 10.8. The number of fused-ring (bicyclic) bond motifs is 2. The van der Waals surface area contributed by atoms with Crippen molar-refractivity contribution in [3.8, 4) is 0 Å². The quantitative estimate of drug-likeness (QED) is 0.423. The van der Waals surface area contributed by atoms with Gasteiger partial charge in [0, 0.05) is 64.2 Å². The van der Waals surface area contributed by atoms with E-state index in [2.05, 4.69) is 30.2 Å². The van der Waals surface area contributed by atoms with Crippen LogP contribution in [-0.2, 0) is 9.47 Å². The molecule has 0 radical (unpaired) electrons. The summed E-state index contributed by atoms with van der Waals surface area (Å²) in [6, 6.07) is 0. The van der Waals surface area contributed by atoms with Gasteiger partial charge >= 0.3 is 12.2 Å². The maximum atomic E-state index is 12.1.